The third-order valence-electron chi connectivity index (χ3n) is 5.82. The van der Waals surface area contributed by atoms with Gasteiger partial charge in [0.05, 0.1) is 12.1 Å². The minimum atomic E-state index is -0.627. The van der Waals surface area contributed by atoms with Crippen LogP contribution in [0.1, 0.15) is 23.1 Å². The van der Waals surface area contributed by atoms with Crippen LogP contribution in [0.4, 0.5) is 5.69 Å². The molecule has 3 aromatic rings. The van der Waals surface area contributed by atoms with Gasteiger partial charge in [-0.05, 0) is 48.8 Å². The molecule has 1 aliphatic rings. The van der Waals surface area contributed by atoms with Gasteiger partial charge in [0.2, 0.25) is 5.91 Å². The summed E-state index contributed by atoms with van der Waals surface area (Å²) in [6, 6.07) is 26.9. The Morgan fingerprint density at radius 1 is 0.939 bits per heavy atom. The van der Waals surface area contributed by atoms with Crippen LogP contribution in [0, 0.1) is 6.92 Å². The Kier molecular flexibility index (Phi) is 7.15. The van der Waals surface area contributed by atoms with Gasteiger partial charge in [-0.2, -0.15) is 0 Å². The van der Waals surface area contributed by atoms with Crippen molar-refractivity contribution in [1.29, 1.82) is 0 Å². The molecular weight excluding hydrogens is 430 g/mol. The summed E-state index contributed by atoms with van der Waals surface area (Å²) in [5, 5.41) is 3.76. The van der Waals surface area contributed by atoms with Gasteiger partial charge in [-0.15, -0.1) is 0 Å². The van der Waals surface area contributed by atoms with Crippen molar-refractivity contribution in [2.45, 2.75) is 32.4 Å². The highest BCUT2D eigenvalue weighted by molar-refractivity contribution is 7.80. The highest BCUT2D eigenvalue weighted by atomic mass is 32.1. The van der Waals surface area contributed by atoms with Crippen molar-refractivity contribution in [2.24, 2.45) is 0 Å². The van der Waals surface area contributed by atoms with Crippen molar-refractivity contribution in [3.8, 4) is 0 Å². The Bertz CT molecular complexity index is 1120. The van der Waals surface area contributed by atoms with Crippen LogP contribution in [-0.4, -0.2) is 34.4 Å². The summed E-state index contributed by atoms with van der Waals surface area (Å²) in [6.45, 7) is 3.07. The lowest BCUT2D eigenvalue weighted by Gasteiger charge is -2.30. The summed E-state index contributed by atoms with van der Waals surface area (Å²) in [7, 11) is 0. The third kappa shape index (κ3) is 5.46. The first-order valence-corrected chi connectivity index (χ1v) is 11.5. The molecule has 3 aromatic carbocycles. The Morgan fingerprint density at radius 3 is 2.18 bits per heavy atom. The van der Waals surface area contributed by atoms with E-state index in [1.54, 1.807) is 0 Å². The summed E-state index contributed by atoms with van der Waals surface area (Å²) < 4.78 is 0. The maximum atomic E-state index is 13.4. The molecule has 0 radical (unpaired) electrons. The molecule has 0 spiro atoms. The molecule has 1 fully saturated rings. The number of hydrogen-bond acceptors (Lipinski definition) is 3. The maximum absolute atomic E-state index is 13.4. The molecule has 1 N–H and O–H groups in total. The molecule has 0 aliphatic carbocycles. The molecule has 2 amide bonds. The normalized spacial score (nSPS) is 15.5. The number of imide groups is 1. The summed E-state index contributed by atoms with van der Waals surface area (Å²) >= 11 is 5.72. The molecule has 0 aromatic heterocycles. The molecule has 5 nitrogen and oxygen atoms in total. The number of anilines is 1. The summed E-state index contributed by atoms with van der Waals surface area (Å²) in [6.07, 6.45) is 0.825. The average molecular weight is 458 g/mol. The number of carbonyl (C=O) groups is 2. The van der Waals surface area contributed by atoms with Crippen LogP contribution in [0.3, 0.4) is 0 Å². The molecule has 1 aliphatic heterocycles. The van der Waals surface area contributed by atoms with E-state index in [1.807, 2.05) is 84.6 Å². The lowest BCUT2D eigenvalue weighted by Crippen LogP contribution is -2.50. The van der Waals surface area contributed by atoms with Crippen LogP contribution >= 0.6 is 12.2 Å². The predicted octanol–water partition coefficient (Wildman–Crippen LogP) is 4.25. The van der Waals surface area contributed by atoms with Crippen LogP contribution in [0.25, 0.3) is 0 Å². The van der Waals surface area contributed by atoms with Crippen molar-refractivity contribution >= 4 is 34.8 Å². The van der Waals surface area contributed by atoms with Crippen LogP contribution in [-0.2, 0) is 22.6 Å². The van der Waals surface area contributed by atoms with Gasteiger partial charge in [0.25, 0.3) is 5.91 Å². The summed E-state index contributed by atoms with van der Waals surface area (Å²) in [5.74, 6) is -0.440. The van der Waals surface area contributed by atoms with E-state index in [0.29, 0.717) is 23.9 Å². The maximum Gasteiger partial charge on any atom is 0.257 e. The van der Waals surface area contributed by atoms with Crippen LogP contribution < -0.4 is 10.2 Å². The number of hydrogen-bond donors (Lipinski definition) is 1. The molecule has 0 bridgehead atoms. The smallest absolute Gasteiger partial charge is 0.257 e. The Balaban J connectivity index is 1.53. The van der Waals surface area contributed by atoms with Gasteiger partial charge in [0, 0.05) is 13.1 Å². The first kappa shape index (κ1) is 22.7. The van der Waals surface area contributed by atoms with Crippen LogP contribution in [0.5, 0.6) is 0 Å². The number of rotatable bonds is 7. The zero-order valence-corrected chi connectivity index (χ0v) is 19.4. The second-order valence-electron chi connectivity index (χ2n) is 8.20. The standard InChI is InChI=1S/C27H27N3O2S/c1-20-12-14-23(15-13-20)30-25(31)18-24(26(30)32)29(17-16-21-8-4-2-5-9-21)27(33)28-19-22-10-6-3-7-11-22/h2-15,24H,16-19H2,1H3,(H,28,33)/t24-/m0/s1. The SMILES string of the molecule is Cc1ccc(N2C(=O)C[C@H](N(CCc3ccccc3)C(=S)NCc3ccccc3)C2=O)cc1. The molecule has 4 rings (SSSR count). The zero-order valence-electron chi connectivity index (χ0n) is 18.6. The van der Waals surface area contributed by atoms with Crippen molar-refractivity contribution in [2.75, 3.05) is 11.4 Å². The van der Waals surface area contributed by atoms with Crippen molar-refractivity contribution in [1.82, 2.24) is 10.2 Å². The van der Waals surface area contributed by atoms with Crippen molar-refractivity contribution in [3.63, 3.8) is 0 Å². The molecule has 168 valence electrons. The largest absolute Gasteiger partial charge is 0.358 e. The zero-order chi connectivity index (χ0) is 23.2. The fraction of sp³-hybridized carbons (Fsp3) is 0.222. The molecule has 0 saturated carbocycles. The minimum Gasteiger partial charge on any atom is -0.358 e. The highest BCUT2D eigenvalue weighted by Crippen LogP contribution is 2.26. The van der Waals surface area contributed by atoms with E-state index in [2.05, 4.69) is 17.4 Å². The molecular formula is C27H27N3O2S. The summed E-state index contributed by atoms with van der Waals surface area (Å²) in [4.78, 5) is 29.5. The van der Waals surface area contributed by atoms with E-state index in [9.17, 15) is 9.59 Å². The first-order valence-electron chi connectivity index (χ1n) is 11.1. The van der Waals surface area contributed by atoms with E-state index >= 15 is 0 Å². The van der Waals surface area contributed by atoms with E-state index in [4.69, 9.17) is 12.2 Å². The van der Waals surface area contributed by atoms with Gasteiger partial charge < -0.3 is 10.2 Å². The highest BCUT2D eigenvalue weighted by Gasteiger charge is 2.43. The molecule has 1 saturated heterocycles. The monoisotopic (exact) mass is 457 g/mol. The lowest BCUT2D eigenvalue weighted by atomic mass is 10.1. The van der Waals surface area contributed by atoms with Gasteiger partial charge >= 0.3 is 0 Å². The fourth-order valence-electron chi connectivity index (χ4n) is 3.99. The topological polar surface area (TPSA) is 52.7 Å². The number of carbonyl (C=O) groups excluding carboxylic acids is 2. The fourth-order valence-corrected chi connectivity index (χ4v) is 4.28. The Labute approximate surface area is 200 Å². The number of nitrogens with one attached hydrogen (secondary N) is 1. The second kappa shape index (κ2) is 10.4. The van der Waals surface area contributed by atoms with Crippen molar-refractivity contribution < 1.29 is 9.59 Å². The Morgan fingerprint density at radius 2 is 1.55 bits per heavy atom. The van der Waals surface area contributed by atoms with Crippen LogP contribution in [0.2, 0.25) is 0 Å². The second-order valence-corrected chi connectivity index (χ2v) is 8.58. The Hall–Kier alpha value is -3.51. The van der Waals surface area contributed by atoms with E-state index < -0.39 is 6.04 Å². The van der Waals surface area contributed by atoms with Crippen molar-refractivity contribution in [3.05, 3.63) is 102 Å². The number of aryl methyl sites for hydroxylation is 1. The predicted molar refractivity (Wildman–Crippen MR) is 135 cm³/mol. The van der Waals surface area contributed by atoms with Gasteiger partial charge in [-0.25, -0.2) is 4.90 Å². The number of benzene rings is 3. The van der Waals surface area contributed by atoms with Gasteiger partial charge in [-0.1, -0.05) is 78.4 Å². The van der Waals surface area contributed by atoms with Gasteiger partial charge in [0.15, 0.2) is 5.11 Å². The number of nitrogens with zero attached hydrogens (tertiary/aromatic N) is 2. The van der Waals surface area contributed by atoms with E-state index in [1.165, 1.54) is 4.90 Å². The lowest BCUT2D eigenvalue weighted by molar-refractivity contribution is -0.122. The van der Waals surface area contributed by atoms with E-state index in [0.717, 1.165) is 23.1 Å². The molecule has 33 heavy (non-hydrogen) atoms. The molecule has 1 atom stereocenters. The van der Waals surface area contributed by atoms with Crippen LogP contribution in [0.15, 0.2) is 84.9 Å². The third-order valence-corrected chi connectivity index (χ3v) is 6.20. The number of thiocarbonyl (C=S) groups is 1. The molecule has 1 heterocycles. The average Bonchev–Trinajstić information content (AvgIpc) is 3.13. The molecule has 6 heteroatoms. The number of amides is 2. The first-order chi connectivity index (χ1) is 16.0. The quantitative estimate of drug-likeness (QED) is 0.425. The molecule has 0 unspecified atom stereocenters. The van der Waals surface area contributed by atoms with Gasteiger partial charge in [-0.3, -0.25) is 9.59 Å². The van der Waals surface area contributed by atoms with E-state index in [-0.39, 0.29) is 18.2 Å². The summed E-state index contributed by atoms with van der Waals surface area (Å²) in [5.41, 5.74) is 3.92. The minimum absolute atomic E-state index is 0.106. The van der Waals surface area contributed by atoms with Gasteiger partial charge in [0.1, 0.15) is 6.04 Å².